The molecule has 1 saturated heterocycles. The molecule has 7 nitrogen and oxygen atoms in total. The van der Waals surface area contributed by atoms with Gasteiger partial charge in [0.25, 0.3) is 10.0 Å². The second kappa shape index (κ2) is 10.2. The van der Waals surface area contributed by atoms with Gasteiger partial charge in [-0.2, -0.15) is 17.5 Å². The average molecular weight is 545 g/mol. The van der Waals surface area contributed by atoms with Gasteiger partial charge in [-0.25, -0.2) is 13.4 Å². The molecule has 1 atom stereocenters. The summed E-state index contributed by atoms with van der Waals surface area (Å²) in [5, 5.41) is 0.489. The second-order valence-electron chi connectivity index (χ2n) is 8.97. The van der Waals surface area contributed by atoms with Crippen molar-refractivity contribution in [3.05, 3.63) is 84.2 Å². The molecule has 5 rings (SSSR count). The number of fused-ring (bicyclic) bond motifs is 1. The zero-order chi connectivity index (χ0) is 26.9. The Balaban J connectivity index is 1.24. The lowest BCUT2D eigenvalue weighted by Crippen LogP contribution is -2.40. The number of furan rings is 1. The van der Waals surface area contributed by atoms with Crippen LogP contribution in [0.3, 0.4) is 0 Å². The normalized spacial score (nSPS) is 16.7. The zero-order valence-corrected chi connectivity index (χ0v) is 20.8. The highest BCUT2D eigenvalue weighted by atomic mass is 32.2. The number of rotatable bonds is 8. The fourth-order valence-corrected chi connectivity index (χ4v) is 6.12. The third-order valence-electron chi connectivity index (χ3n) is 6.36. The zero-order valence-electron chi connectivity index (χ0n) is 20.0. The van der Waals surface area contributed by atoms with Crippen LogP contribution in [0.15, 0.2) is 82.4 Å². The molecule has 1 aliphatic rings. The van der Waals surface area contributed by atoms with Crippen LogP contribution in [0, 0.1) is 0 Å². The number of benzene rings is 2. The highest BCUT2D eigenvalue weighted by Crippen LogP contribution is 2.32. The Morgan fingerprint density at radius 1 is 1.05 bits per heavy atom. The lowest BCUT2D eigenvalue weighted by Gasteiger charge is -2.21. The van der Waals surface area contributed by atoms with Crippen LogP contribution in [0.2, 0.25) is 0 Å². The Hall–Kier alpha value is -3.70. The molecule has 11 heteroatoms. The van der Waals surface area contributed by atoms with Crippen LogP contribution in [0.1, 0.15) is 30.5 Å². The van der Waals surface area contributed by atoms with Gasteiger partial charge in [0, 0.05) is 24.4 Å². The molecule has 3 heterocycles. The summed E-state index contributed by atoms with van der Waals surface area (Å²) in [6.45, 7) is 0.236. The topological polar surface area (TPSA) is 89.7 Å². The van der Waals surface area contributed by atoms with Gasteiger partial charge in [0.15, 0.2) is 5.78 Å². The highest BCUT2D eigenvalue weighted by Gasteiger charge is 2.40. The van der Waals surface area contributed by atoms with Crippen molar-refractivity contribution in [2.75, 3.05) is 6.54 Å². The van der Waals surface area contributed by atoms with E-state index in [0.717, 1.165) is 17.8 Å². The highest BCUT2D eigenvalue weighted by molar-refractivity contribution is 7.89. The summed E-state index contributed by atoms with van der Waals surface area (Å²) in [6.07, 6.45) is -2.08. The quantitative estimate of drug-likeness (QED) is 0.271. The van der Waals surface area contributed by atoms with E-state index in [1.807, 2.05) is 0 Å². The largest absolute Gasteiger partial charge is 0.456 e. The third-order valence-corrected chi connectivity index (χ3v) is 8.13. The third kappa shape index (κ3) is 5.44. The van der Waals surface area contributed by atoms with Gasteiger partial charge in [-0.05, 0) is 55.2 Å². The van der Waals surface area contributed by atoms with Crippen LogP contribution in [0.5, 0.6) is 11.5 Å². The van der Waals surface area contributed by atoms with Crippen LogP contribution in [-0.2, 0) is 27.4 Å². The standard InChI is InChI=1S/C27H23F3N2O5S/c28-27(29,30)25-13-11-21(17-31-25)36-20-7-3-5-18(15-20)10-12-23(33)22-8-4-14-32(22)38(34,35)26-16-19-6-1-2-9-24(19)37-26/h1-3,5-7,9,11,13,15-17,22H,4,8,10,12,14H2/t22-/m0/s1. The minimum Gasteiger partial charge on any atom is -0.456 e. The summed E-state index contributed by atoms with van der Waals surface area (Å²) in [7, 11) is -3.98. The van der Waals surface area contributed by atoms with Crippen molar-refractivity contribution in [3.63, 3.8) is 0 Å². The van der Waals surface area contributed by atoms with Crippen molar-refractivity contribution in [3.8, 4) is 11.5 Å². The Labute approximate surface area is 216 Å². The predicted octanol–water partition coefficient (Wildman–Crippen LogP) is 5.99. The van der Waals surface area contributed by atoms with Crippen molar-refractivity contribution in [1.82, 2.24) is 9.29 Å². The maximum absolute atomic E-state index is 13.3. The van der Waals surface area contributed by atoms with Gasteiger partial charge >= 0.3 is 6.18 Å². The first-order valence-corrected chi connectivity index (χ1v) is 13.4. The number of carbonyl (C=O) groups is 1. The summed E-state index contributed by atoms with van der Waals surface area (Å²) in [6, 6.07) is 16.5. The van der Waals surface area contributed by atoms with Gasteiger partial charge < -0.3 is 9.15 Å². The van der Waals surface area contributed by atoms with E-state index in [4.69, 9.17) is 9.15 Å². The summed E-state index contributed by atoms with van der Waals surface area (Å²) < 4.78 is 77.1. The monoisotopic (exact) mass is 544 g/mol. The van der Waals surface area contributed by atoms with Gasteiger partial charge in [0.2, 0.25) is 5.09 Å². The number of alkyl halides is 3. The Morgan fingerprint density at radius 2 is 1.87 bits per heavy atom. The van der Waals surface area contributed by atoms with E-state index in [1.54, 1.807) is 48.5 Å². The number of aryl methyl sites for hydroxylation is 1. The van der Waals surface area contributed by atoms with Gasteiger partial charge in [-0.3, -0.25) is 4.79 Å². The lowest BCUT2D eigenvalue weighted by molar-refractivity contribution is -0.141. The van der Waals surface area contributed by atoms with Crippen LogP contribution >= 0.6 is 0 Å². The fraction of sp³-hybridized carbons (Fsp3) is 0.259. The van der Waals surface area contributed by atoms with Gasteiger partial charge in [-0.15, -0.1) is 0 Å². The fourth-order valence-electron chi connectivity index (χ4n) is 4.49. The van der Waals surface area contributed by atoms with E-state index >= 15 is 0 Å². The van der Waals surface area contributed by atoms with Crippen molar-refractivity contribution >= 4 is 26.8 Å². The second-order valence-corrected chi connectivity index (χ2v) is 10.8. The molecule has 1 aliphatic heterocycles. The molecular formula is C27H23F3N2O5S. The Bertz CT molecular complexity index is 1530. The molecule has 0 amide bonds. The average Bonchev–Trinajstić information content (AvgIpc) is 3.56. The SMILES string of the molecule is O=C(CCc1cccc(Oc2ccc(C(F)(F)F)nc2)c1)[C@@H]1CCCN1S(=O)(=O)c1cc2ccccc2o1. The van der Waals surface area contributed by atoms with Crippen molar-refractivity contribution in [2.24, 2.45) is 0 Å². The number of aromatic nitrogens is 1. The van der Waals surface area contributed by atoms with Crippen molar-refractivity contribution in [2.45, 2.75) is 43.0 Å². The molecule has 198 valence electrons. The molecule has 1 fully saturated rings. The molecular weight excluding hydrogens is 521 g/mol. The molecule has 0 aliphatic carbocycles. The number of nitrogens with zero attached hydrogens (tertiary/aromatic N) is 2. The summed E-state index contributed by atoms with van der Waals surface area (Å²) in [5.74, 6) is 0.329. The lowest BCUT2D eigenvalue weighted by atomic mass is 10.0. The van der Waals surface area contributed by atoms with Crippen molar-refractivity contribution < 1.29 is 35.5 Å². The smallest absolute Gasteiger partial charge is 0.433 e. The number of sulfonamides is 1. The maximum Gasteiger partial charge on any atom is 0.433 e. The van der Waals surface area contributed by atoms with Gasteiger partial charge in [0.05, 0.1) is 12.2 Å². The predicted molar refractivity (Wildman–Crippen MR) is 132 cm³/mol. The van der Waals surface area contributed by atoms with Crippen molar-refractivity contribution in [1.29, 1.82) is 0 Å². The van der Waals surface area contributed by atoms with Crippen LogP contribution < -0.4 is 4.74 Å². The summed E-state index contributed by atoms with van der Waals surface area (Å²) >= 11 is 0. The number of ketones is 1. The number of ether oxygens (including phenoxy) is 1. The molecule has 0 unspecified atom stereocenters. The van der Waals surface area contributed by atoms with Gasteiger partial charge in [-0.1, -0.05) is 30.3 Å². The van der Waals surface area contributed by atoms with E-state index in [9.17, 15) is 26.4 Å². The molecule has 0 N–H and O–H groups in total. The summed E-state index contributed by atoms with van der Waals surface area (Å²) in [4.78, 5) is 16.5. The number of carbonyl (C=O) groups excluding carboxylic acids is 1. The van der Waals surface area contributed by atoms with E-state index < -0.39 is 27.9 Å². The number of hydrogen-bond donors (Lipinski definition) is 0. The first kappa shape index (κ1) is 25.9. The summed E-state index contributed by atoms with van der Waals surface area (Å²) in [5.41, 5.74) is 0.211. The molecule has 0 radical (unpaired) electrons. The van der Waals surface area contributed by atoms with E-state index in [2.05, 4.69) is 4.98 Å². The molecule has 38 heavy (non-hydrogen) atoms. The molecule has 0 bridgehead atoms. The van der Waals surface area contributed by atoms with E-state index in [0.29, 0.717) is 36.0 Å². The molecule has 4 aromatic rings. The maximum atomic E-state index is 13.3. The van der Waals surface area contributed by atoms with Crippen LogP contribution in [0.4, 0.5) is 13.2 Å². The van der Waals surface area contributed by atoms with Crippen LogP contribution in [0.25, 0.3) is 11.0 Å². The number of Topliss-reactive ketones (excluding diaryl/α,β-unsaturated/α-hetero) is 1. The number of hydrogen-bond acceptors (Lipinski definition) is 6. The number of halogens is 3. The first-order chi connectivity index (χ1) is 18.1. The number of para-hydroxylation sites is 1. The molecule has 2 aromatic carbocycles. The molecule has 2 aromatic heterocycles. The van der Waals surface area contributed by atoms with E-state index in [1.165, 1.54) is 16.4 Å². The molecule has 0 saturated carbocycles. The number of pyridine rings is 1. The first-order valence-electron chi connectivity index (χ1n) is 11.9. The minimum absolute atomic E-state index is 0.113. The minimum atomic E-state index is -4.54. The molecule has 0 spiro atoms. The Morgan fingerprint density at radius 3 is 2.61 bits per heavy atom. The Kier molecular flexibility index (Phi) is 6.97. The van der Waals surface area contributed by atoms with Gasteiger partial charge in [0.1, 0.15) is 22.8 Å². The van der Waals surface area contributed by atoms with Crippen LogP contribution in [-0.4, -0.2) is 36.1 Å². The van der Waals surface area contributed by atoms with E-state index in [-0.39, 0.29) is 29.6 Å².